The monoisotopic (exact) mass is 356 g/mol. The van der Waals surface area contributed by atoms with Crippen LogP contribution in [0, 0.1) is 0 Å². The molecule has 3 rings (SSSR count). The molecular weight excluding hydrogens is 336 g/mol. The maximum Gasteiger partial charge on any atom is 0.272 e. The summed E-state index contributed by atoms with van der Waals surface area (Å²) in [6.45, 7) is 0. The molecule has 0 saturated heterocycles. The van der Waals surface area contributed by atoms with E-state index in [2.05, 4.69) is 10.3 Å². The first-order valence-electron chi connectivity index (χ1n) is 7.87. The third-order valence-corrected chi connectivity index (χ3v) is 4.00. The van der Waals surface area contributed by atoms with Crippen LogP contribution in [0.2, 0.25) is 0 Å². The minimum atomic E-state index is -0.283. The van der Waals surface area contributed by atoms with Gasteiger partial charge in [0.15, 0.2) is 11.5 Å². The van der Waals surface area contributed by atoms with Crippen molar-refractivity contribution >= 4 is 22.5 Å². The molecule has 1 heterocycles. The highest BCUT2D eigenvalue weighted by Gasteiger charge is 2.16. The van der Waals surface area contributed by atoms with Crippen molar-refractivity contribution in [2.75, 3.05) is 33.8 Å². The van der Waals surface area contributed by atoms with Crippen molar-refractivity contribution in [3.63, 3.8) is 0 Å². The van der Waals surface area contributed by atoms with Crippen molar-refractivity contribution in [1.29, 1.82) is 0 Å². The molecule has 0 radical (unpaired) electrons. The van der Waals surface area contributed by atoms with E-state index < -0.39 is 0 Å². The van der Waals surface area contributed by atoms with Gasteiger partial charge >= 0.3 is 0 Å². The highest BCUT2D eigenvalue weighted by Crippen LogP contribution is 2.40. The number of nitrogens with one attached hydrogen (secondary N) is 2. The van der Waals surface area contributed by atoms with Crippen molar-refractivity contribution in [2.24, 2.45) is 0 Å². The topological polar surface area (TPSA) is 81.8 Å². The summed E-state index contributed by atoms with van der Waals surface area (Å²) < 4.78 is 21.1. The number of hydrogen-bond donors (Lipinski definition) is 2. The smallest absolute Gasteiger partial charge is 0.272 e. The van der Waals surface area contributed by atoms with E-state index in [1.807, 2.05) is 18.2 Å². The SMILES string of the molecule is COc1ccc2[nH]c(C(=O)Nc3cc(OC)c(OC)c(OC)c3)cc2c1. The second kappa shape index (κ2) is 7.26. The Labute approximate surface area is 150 Å². The van der Waals surface area contributed by atoms with E-state index >= 15 is 0 Å². The van der Waals surface area contributed by atoms with Gasteiger partial charge in [-0.3, -0.25) is 4.79 Å². The number of benzene rings is 2. The number of ether oxygens (including phenoxy) is 4. The van der Waals surface area contributed by atoms with Gasteiger partial charge in [0.2, 0.25) is 5.75 Å². The maximum absolute atomic E-state index is 12.6. The Hall–Kier alpha value is -3.35. The van der Waals surface area contributed by atoms with E-state index in [1.54, 1.807) is 25.3 Å². The second-order valence-electron chi connectivity index (χ2n) is 5.50. The lowest BCUT2D eigenvalue weighted by Crippen LogP contribution is -2.12. The number of anilines is 1. The maximum atomic E-state index is 12.6. The standard InChI is InChI=1S/C19H20N2O5/c1-23-13-5-6-14-11(7-13)8-15(21-14)19(22)20-12-9-16(24-2)18(26-4)17(10-12)25-3/h5-10,21H,1-4H3,(H,20,22). The van der Waals surface area contributed by atoms with Gasteiger partial charge in [-0.05, 0) is 24.3 Å². The molecule has 2 aromatic carbocycles. The van der Waals surface area contributed by atoms with Gasteiger partial charge in [0.05, 0.1) is 28.4 Å². The van der Waals surface area contributed by atoms with Gasteiger partial charge in [0.1, 0.15) is 11.4 Å². The Balaban J connectivity index is 1.90. The van der Waals surface area contributed by atoms with Crippen molar-refractivity contribution in [2.45, 2.75) is 0 Å². The molecule has 2 N–H and O–H groups in total. The molecule has 1 aromatic heterocycles. The molecule has 26 heavy (non-hydrogen) atoms. The Morgan fingerprint density at radius 3 is 2.15 bits per heavy atom. The first-order chi connectivity index (χ1) is 12.6. The number of carbonyl (C=O) groups is 1. The number of rotatable bonds is 6. The molecule has 0 bridgehead atoms. The summed E-state index contributed by atoms with van der Waals surface area (Å²) in [5, 5.41) is 3.72. The van der Waals surface area contributed by atoms with Crippen LogP contribution in [0.3, 0.4) is 0 Å². The summed E-state index contributed by atoms with van der Waals surface area (Å²) in [6, 6.07) is 10.7. The van der Waals surface area contributed by atoms with Gasteiger partial charge in [-0.15, -0.1) is 0 Å². The van der Waals surface area contributed by atoms with E-state index in [4.69, 9.17) is 18.9 Å². The molecular formula is C19H20N2O5. The van der Waals surface area contributed by atoms with E-state index in [0.29, 0.717) is 28.6 Å². The zero-order valence-electron chi connectivity index (χ0n) is 15.0. The number of fused-ring (bicyclic) bond motifs is 1. The van der Waals surface area contributed by atoms with E-state index in [-0.39, 0.29) is 5.91 Å². The van der Waals surface area contributed by atoms with Crippen LogP contribution in [0.25, 0.3) is 10.9 Å². The molecule has 7 heteroatoms. The summed E-state index contributed by atoms with van der Waals surface area (Å²) in [6.07, 6.45) is 0. The minimum absolute atomic E-state index is 0.283. The van der Waals surface area contributed by atoms with Gasteiger partial charge in [-0.25, -0.2) is 0 Å². The van der Waals surface area contributed by atoms with Crippen LogP contribution in [0.15, 0.2) is 36.4 Å². The van der Waals surface area contributed by atoms with Gasteiger partial charge in [0.25, 0.3) is 5.91 Å². The van der Waals surface area contributed by atoms with Crippen molar-refractivity contribution < 1.29 is 23.7 Å². The Morgan fingerprint density at radius 1 is 0.885 bits per heavy atom. The lowest BCUT2D eigenvalue weighted by molar-refractivity contribution is 0.102. The largest absolute Gasteiger partial charge is 0.497 e. The van der Waals surface area contributed by atoms with Crippen molar-refractivity contribution in [3.05, 3.63) is 42.1 Å². The molecule has 0 saturated carbocycles. The lowest BCUT2D eigenvalue weighted by atomic mass is 10.2. The number of carbonyl (C=O) groups excluding carboxylic acids is 1. The van der Waals surface area contributed by atoms with Crippen LogP contribution < -0.4 is 24.3 Å². The molecule has 0 aliphatic heterocycles. The van der Waals surface area contributed by atoms with E-state index in [9.17, 15) is 4.79 Å². The van der Waals surface area contributed by atoms with Gasteiger partial charge in [-0.2, -0.15) is 0 Å². The average Bonchev–Trinajstić information content (AvgIpc) is 3.10. The summed E-state index contributed by atoms with van der Waals surface area (Å²) in [7, 11) is 6.17. The summed E-state index contributed by atoms with van der Waals surface area (Å²) in [5.41, 5.74) is 1.81. The van der Waals surface area contributed by atoms with Crippen LogP contribution in [0.4, 0.5) is 5.69 Å². The fraction of sp³-hybridized carbons (Fsp3) is 0.211. The number of H-pyrrole nitrogens is 1. The zero-order chi connectivity index (χ0) is 18.7. The Bertz CT molecular complexity index is 923. The molecule has 7 nitrogen and oxygen atoms in total. The second-order valence-corrected chi connectivity index (χ2v) is 5.50. The number of aromatic nitrogens is 1. The predicted octanol–water partition coefficient (Wildman–Crippen LogP) is 3.45. The number of amides is 1. The molecule has 136 valence electrons. The molecule has 0 atom stereocenters. The zero-order valence-corrected chi connectivity index (χ0v) is 15.0. The Morgan fingerprint density at radius 2 is 1.58 bits per heavy atom. The van der Waals surface area contributed by atoms with Gasteiger partial charge in [0, 0.05) is 28.7 Å². The Kier molecular flexibility index (Phi) is 4.88. The van der Waals surface area contributed by atoms with Gasteiger partial charge < -0.3 is 29.2 Å². The molecule has 1 amide bonds. The molecule has 0 spiro atoms. The van der Waals surface area contributed by atoms with Crippen LogP contribution >= 0.6 is 0 Å². The molecule has 0 fully saturated rings. The fourth-order valence-corrected chi connectivity index (χ4v) is 2.71. The third-order valence-electron chi connectivity index (χ3n) is 4.00. The summed E-state index contributed by atoms with van der Waals surface area (Å²) in [4.78, 5) is 15.7. The predicted molar refractivity (Wildman–Crippen MR) is 98.9 cm³/mol. The first kappa shape index (κ1) is 17.5. The van der Waals surface area contributed by atoms with Crippen LogP contribution in [0.5, 0.6) is 23.0 Å². The van der Waals surface area contributed by atoms with E-state index in [1.165, 1.54) is 21.3 Å². The quantitative estimate of drug-likeness (QED) is 0.707. The van der Waals surface area contributed by atoms with Crippen LogP contribution in [-0.4, -0.2) is 39.3 Å². The van der Waals surface area contributed by atoms with Gasteiger partial charge in [-0.1, -0.05) is 0 Å². The molecule has 3 aromatic rings. The summed E-state index contributed by atoms with van der Waals surface area (Å²) >= 11 is 0. The third kappa shape index (κ3) is 3.23. The number of hydrogen-bond acceptors (Lipinski definition) is 5. The normalized spacial score (nSPS) is 10.5. The number of aromatic amines is 1. The van der Waals surface area contributed by atoms with Crippen LogP contribution in [-0.2, 0) is 0 Å². The van der Waals surface area contributed by atoms with Crippen LogP contribution in [0.1, 0.15) is 10.5 Å². The lowest BCUT2D eigenvalue weighted by Gasteiger charge is -2.14. The molecule has 0 unspecified atom stereocenters. The van der Waals surface area contributed by atoms with Crippen molar-refractivity contribution in [3.8, 4) is 23.0 Å². The van der Waals surface area contributed by atoms with Crippen molar-refractivity contribution in [1.82, 2.24) is 4.98 Å². The minimum Gasteiger partial charge on any atom is -0.497 e. The van der Waals surface area contributed by atoms with E-state index in [0.717, 1.165) is 16.7 Å². The number of methoxy groups -OCH3 is 4. The molecule has 0 aliphatic carbocycles. The summed E-state index contributed by atoms with van der Waals surface area (Å²) in [5.74, 6) is 1.83. The fourth-order valence-electron chi connectivity index (χ4n) is 2.71. The average molecular weight is 356 g/mol. The highest BCUT2D eigenvalue weighted by molar-refractivity contribution is 6.06. The molecule has 0 aliphatic rings. The highest BCUT2D eigenvalue weighted by atomic mass is 16.5. The first-order valence-corrected chi connectivity index (χ1v) is 7.87.